The molecule has 0 radical (unpaired) electrons. The van der Waals surface area contributed by atoms with Gasteiger partial charge in [-0.2, -0.15) is 0 Å². The van der Waals surface area contributed by atoms with Crippen LogP contribution in [-0.2, 0) is 11.3 Å². The molecule has 2 atom stereocenters. The van der Waals surface area contributed by atoms with E-state index in [0.717, 1.165) is 22.1 Å². The Morgan fingerprint density at radius 2 is 2.00 bits per heavy atom. The van der Waals surface area contributed by atoms with Crippen LogP contribution in [0.1, 0.15) is 37.0 Å². The fourth-order valence-electron chi connectivity index (χ4n) is 3.77. The zero-order chi connectivity index (χ0) is 14.1. The Hall–Kier alpha value is -0.290. The molecule has 21 heavy (non-hydrogen) atoms. The summed E-state index contributed by atoms with van der Waals surface area (Å²) in [4.78, 5) is 13.4. The van der Waals surface area contributed by atoms with E-state index in [4.69, 9.17) is 17.3 Å². The van der Waals surface area contributed by atoms with E-state index in [9.17, 15) is 4.79 Å². The second-order valence-corrected chi connectivity index (χ2v) is 7.92. The number of thiophene rings is 1. The molecule has 2 unspecified atom stereocenters. The van der Waals surface area contributed by atoms with Crippen molar-refractivity contribution in [2.24, 2.45) is 23.5 Å². The van der Waals surface area contributed by atoms with Gasteiger partial charge in [-0.1, -0.05) is 18.0 Å². The summed E-state index contributed by atoms with van der Waals surface area (Å²) >= 11 is 7.42. The third kappa shape index (κ3) is 3.92. The average Bonchev–Trinajstić information content (AvgIpc) is 2.81. The number of fused-ring (bicyclic) bond motifs is 2. The fraction of sp³-hybridized carbons (Fsp3) is 0.667. The summed E-state index contributed by atoms with van der Waals surface area (Å²) in [6.07, 6.45) is 5.61. The molecule has 2 aliphatic rings. The number of carbonyl (C=O) groups excluding carboxylic acids is 1. The maximum absolute atomic E-state index is 12.3. The molecule has 3 rings (SSSR count). The second kappa shape index (κ2) is 7.32. The minimum Gasteiger partial charge on any atom is -0.351 e. The van der Waals surface area contributed by atoms with E-state index in [-0.39, 0.29) is 24.2 Å². The van der Waals surface area contributed by atoms with Crippen LogP contribution in [0.5, 0.6) is 0 Å². The molecule has 3 nitrogen and oxygen atoms in total. The van der Waals surface area contributed by atoms with E-state index in [1.807, 2.05) is 12.1 Å². The van der Waals surface area contributed by atoms with Crippen LogP contribution < -0.4 is 11.1 Å². The Morgan fingerprint density at radius 1 is 1.33 bits per heavy atom. The molecule has 1 aromatic heterocycles. The molecule has 1 amide bonds. The van der Waals surface area contributed by atoms with E-state index >= 15 is 0 Å². The van der Waals surface area contributed by atoms with Gasteiger partial charge in [-0.05, 0) is 49.7 Å². The smallest absolute Gasteiger partial charge is 0.223 e. The van der Waals surface area contributed by atoms with Crippen molar-refractivity contribution in [1.29, 1.82) is 0 Å². The Balaban J connectivity index is 0.00000161. The first-order valence-corrected chi connectivity index (χ1v) is 8.60. The fourth-order valence-corrected chi connectivity index (χ4v) is 4.80. The third-order valence-electron chi connectivity index (χ3n) is 4.85. The first-order valence-electron chi connectivity index (χ1n) is 7.41. The van der Waals surface area contributed by atoms with E-state index in [1.54, 1.807) is 0 Å². The highest BCUT2D eigenvalue weighted by molar-refractivity contribution is 7.16. The van der Waals surface area contributed by atoms with Gasteiger partial charge in [0.15, 0.2) is 0 Å². The van der Waals surface area contributed by atoms with Crippen molar-refractivity contribution in [3.8, 4) is 0 Å². The lowest BCUT2D eigenvalue weighted by Gasteiger charge is -2.43. The average molecular weight is 349 g/mol. The van der Waals surface area contributed by atoms with Gasteiger partial charge in [0.1, 0.15) is 0 Å². The molecule has 3 N–H and O–H groups in total. The zero-order valence-electron chi connectivity index (χ0n) is 11.9. The quantitative estimate of drug-likeness (QED) is 0.876. The van der Waals surface area contributed by atoms with Gasteiger partial charge in [-0.15, -0.1) is 23.7 Å². The standard InChI is InChI=1S/C15H21ClN2OS.ClH/c16-13-5-4-12(20-13)8-18-15(19)11-6-9-2-1-3-10(7-11)14(9)17;/h4-5,9-11,14H,1-3,6-8,17H2,(H,18,19);1H. The maximum Gasteiger partial charge on any atom is 0.223 e. The first kappa shape index (κ1) is 17.1. The van der Waals surface area contributed by atoms with Crippen molar-refractivity contribution in [3.05, 3.63) is 21.3 Å². The summed E-state index contributed by atoms with van der Waals surface area (Å²) in [6, 6.07) is 4.17. The van der Waals surface area contributed by atoms with Crippen LogP contribution in [-0.4, -0.2) is 11.9 Å². The molecule has 2 fully saturated rings. The molecule has 0 aromatic carbocycles. The number of carbonyl (C=O) groups is 1. The summed E-state index contributed by atoms with van der Waals surface area (Å²) in [7, 11) is 0. The summed E-state index contributed by atoms with van der Waals surface area (Å²) in [5.41, 5.74) is 6.27. The van der Waals surface area contributed by atoms with Gasteiger partial charge in [0, 0.05) is 16.8 Å². The molecule has 1 aromatic rings. The van der Waals surface area contributed by atoms with Gasteiger partial charge in [-0.3, -0.25) is 4.79 Å². The number of rotatable bonds is 3. The van der Waals surface area contributed by atoms with Gasteiger partial charge in [-0.25, -0.2) is 0 Å². The van der Waals surface area contributed by atoms with Crippen molar-refractivity contribution in [3.63, 3.8) is 0 Å². The minimum absolute atomic E-state index is 0. The van der Waals surface area contributed by atoms with Crippen molar-refractivity contribution < 1.29 is 4.79 Å². The van der Waals surface area contributed by atoms with Crippen LogP contribution >= 0.6 is 35.3 Å². The largest absolute Gasteiger partial charge is 0.351 e. The van der Waals surface area contributed by atoms with E-state index in [2.05, 4.69) is 5.32 Å². The predicted octanol–water partition coefficient (Wildman–Crippen LogP) is 3.59. The third-order valence-corrected chi connectivity index (χ3v) is 6.08. The van der Waals surface area contributed by atoms with Gasteiger partial charge in [0.05, 0.1) is 10.9 Å². The van der Waals surface area contributed by atoms with E-state index in [0.29, 0.717) is 24.4 Å². The second-order valence-electron chi connectivity index (χ2n) is 6.12. The monoisotopic (exact) mass is 348 g/mol. The zero-order valence-corrected chi connectivity index (χ0v) is 14.3. The molecule has 0 saturated heterocycles. The van der Waals surface area contributed by atoms with E-state index in [1.165, 1.54) is 30.6 Å². The lowest BCUT2D eigenvalue weighted by Crippen LogP contribution is -2.49. The van der Waals surface area contributed by atoms with E-state index < -0.39 is 0 Å². The molecule has 118 valence electrons. The first-order chi connectivity index (χ1) is 9.63. The Morgan fingerprint density at radius 3 is 2.57 bits per heavy atom. The highest BCUT2D eigenvalue weighted by Gasteiger charge is 2.40. The predicted molar refractivity (Wildman–Crippen MR) is 90.0 cm³/mol. The van der Waals surface area contributed by atoms with Crippen LogP contribution in [0.2, 0.25) is 4.34 Å². The normalized spacial score (nSPS) is 31.3. The number of nitrogens with one attached hydrogen (secondary N) is 1. The van der Waals surface area contributed by atoms with Crippen molar-refractivity contribution in [1.82, 2.24) is 5.32 Å². The Labute approximate surface area is 141 Å². The van der Waals surface area contributed by atoms with Crippen molar-refractivity contribution in [2.45, 2.75) is 44.7 Å². The molecule has 2 saturated carbocycles. The van der Waals surface area contributed by atoms with Gasteiger partial charge < -0.3 is 11.1 Å². The van der Waals surface area contributed by atoms with Gasteiger partial charge in [0.2, 0.25) is 5.91 Å². The molecule has 0 aliphatic heterocycles. The number of hydrogen-bond donors (Lipinski definition) is 2. The SMILES string of the molecule is Cl.NC1C2CCCC1CC(C(=O)NCc1ccc(Cl)s1)C2. The van der Waals surface area contributed by atoms with Crippen LogP contribution in [0.25, 0.3) is 0 Å². The molecular formula is C15H22Cl2N2OS. The number of hydrogen-bond acceptors (Lipinski definition) is 3. The number of halogens is 2. The summed E-state index contributed by atoms with van der Waals surface area (Å²) in [6.45, 7) is 0.591. The summed E-state index contributed by atoms with van der Waals surface area (Å²) in [5, 5.41) is 3.06. The number of nitrogens with two attached hydrogens (primary N) is 1. The molecular weight excluding hydrogens is 327 g/mol. The topological polar surface area (TPSA) is 55.1 Å². The minimum atomic E-state index is 0. The van der Waals surface area contributed by atoms with Gasteiger partial charge in [0.25, 0.3) is 0 Å². The van der Waals surface area contributed by atoms with Crippen LogP contribution in [0, 0.1) is 17.8 Å². The molecule has 1 heterocycles. The maximum atomic E-state index is 12.3. The van der Waals surface area contributed by atoms with Crippen LogP contribution in [0.15, 0.2) is 12.1 Å². The number of amides is 1. The summed E-state index contributed by atoms with van der Waals surface area (Å²) < 4.78 is 0.771. The van der Waals surface area contributed by atoms with Crippen molar-refractivity contribution >= 4 is 41.3 Å². The Kier molecular flexibility index (Phi) is 5.95. The molecule has 0 spiro atoms. The Bertz CT molecular complexity index is 480. The van der Waals surface area contributed by atoms with Crippen LogP contribution in [0.4, 0.5) is 0 Å². The highest BCUT2D eigenvalue weighted by Crippen LogP contribution is 2.41. The van der Waals surface area contributed by atoms with Crippen LogP contribution in [0.3, 0.4) is 0 Å². The lowest BCUT2D eigenvalue weighted by atomic mass is 9.65. The lowest BCUT2D eigenvalue weighted by molar-refractivity contribution is -0.128. The highest BCUT2D eigenvalue weighted by atomic mass is 35.5. The molecule has 2 aliphatic carbocycles. The molecule has 6 heteroatoms. The van der Waals surface area contributed by atoms with Gasteiger partial charge >= 0.3 is 0 Å². The summed E-state index contributed by atoms with van der Waals surface area (Å²) in [5.74, 6) is 1.45. The molecule has 2 bridgehead atoms. The van der Waals surface area contributed by atoms with Crippen molar-refractivity contribution in [2.75, 3.05) is 0 Å².